The first kappa shape index (κ1) is 11.7. The third-order valence-corrected chi connectivity index (χ3v) is 4.60. The van der Waals surface area contributed by atoms with Gasteiger partial charge in [0.1, 0.15) is 0 Å². The summed E-state index contributed by atoms with van der Waals surface area (Å²) in [7, 11) is -2.56. The van der Waals surface area contributed by atoms with Crippen LogP contribution >= 0.6 is 0 Å². The van der Waals surface area contributed by atoms with Gasteiger partial charge in [-0.15, -0.1) is 0 Å². The van der Waals surface area contributed by atoms with Crippen molar-refractivity contribution >= 4 is 21.5 Å². The van der Waals surface area contributed by atoms with Crippen LogP contribution in [0, 0.1) is 6.92 Å². The van der Waals surface area contributed by atoms with Crippen molar-refractivity contribution in [2.75, 3.05) is 0 Å². The first-order chi connectivity index (χ1) is 8.58. The summed E-state index contributed by atoms with van der Waals surface area (Å²) in [6.45, 7) is 4.04. The molecule has 3 rings (SSSR count). The molecule has 0 amide bonds. The minimum absolute atomic E-state index is 0.443. The van der Waals surface area contributed by atoms with E-state index in [9.17, 15) is 8.42 Å². The number of hydrogen-bond donors (Lipinski definition) is 1. The Morgan fingerprint density at radius 2 is 2.06 bits per heavy atom. The number of benzene rings is 1. The second-order valence-electron chi connectivity index (χ2n) is 5.03. The van der Waals surface area contributed by atoms with E-state index in [0.29, 0.717) is 10.8 Å². The number of pyridine rings is 1. The third kappa shape index (κ3) is 1.63. The Morgan fingerprint density at radius 1 is 1.28 bits per heavy atom. The van der Waals surface area contributed by atoms with Gasteiger partial charge in [-0.3, -0.25) is 4.98 Å². The minimum atomic E-state index is -2.56. The van der Waals surface area contributed by atoms with E-state index in [-0.39, 0.29) is 0 Å². The molecule has 0 saturated carbocycles. The number of hydrogen-bond acceptors (Lipinski definition) is 3. The molecule has 1 heterocycles. The Bertz CT molecular complexity index is 711. The maximum Gasteiger partial charge on any atom is 0.168 e. The molecule has 1 unspecified atom stereocenters. The molecule has 0 saturated heterocycles. The number of fused-ring (bicyclic) bond motifs is 3. The van der Waals surface area contributed by atoms with Gasteiger partial charge in [-0.2, -0.15) is 0 Å². The highest BCUT2D eigenvalue weighted by atomic mass is 32.2. The summed E-state index contributed by atoms with van der Waals surface area (Å²) in [6.07, 6.45) is 3.94. The summed E-state index contributed by atoms with van der Waals surface area (Å²) in [5.41, 5.74) is 3.32. The lowest BCUT2D eigenvalue weighted by molar-refractivity contribution is 0.615. The van der Waals surface area contributed by atoms with Crippen molar-refractivity contribution in [2.24, 2.45) is 0 Å². The largest absolute Gasteiger partial charge is 0.261 e. The molecule has 1 aliphatic carbocycles. The molecule has 3 nitrogen and oxygen atoms in total. The highest BCUT2D eigenvalue weighted by molar-refractivity contribution is 7.72. The minimum Gasteiger partial charge on any atom is -0.261 e. The zero-order chi connectivity index (χ0) is 12.9. The van der Waals surface area contributed by atoms with Gasteiger partial charge < -0.3 is 0 Å². The number of thiol groups is 1. The van der Waals surface area contributed by atoms with Crippen LogP contribution in [0.5, 0.6) is 0 Å². The van der Waals surface area contributed by atoms with Crippen LogP contribution in [0.25, 0.3) is 10.8 Å². The Labute approximate surface area is 108 Å². The second-order valence-corrected chi connectivity index (χ2v) is 6.03. The summed E-state index contributed by atoms with van der Waals surface area (Å²) in [5, 5.41) is 1.84. The van der Waals surface area contributed by atoms with Crippen LogP contribution in [-0.4, -0.2) is 13.4 Å². The summed E-state index contributed by atoms with van der Waals surface area (Å²) >= 11 is 0. The average Bonchev–Trinajstić information content (AvgIpc) is 2.69. The van der Waals surface area contributed by atoms with E-state index in [1.165, 1.54) is 11.1 Å². The Balaban J connectivity index is 2.47. The Hall–Kier alpha value is -1.42. The molecule has 0 bridgehead atoms. The Kier molecular flexibility index (Phi) is 2.63. The van der Waals surface area contributed by atoms with E-state index >= 15 is 0 Å². The summed E-state index contributed by atoms with van der Waals surface area (Å²) in [6, 6.07) is 3.74. The molecule has 2 aromatic rings. The van der Waals surface area contributed by atoms with Gasteiger partial charge in [-0.25, -0.2) is 8.42 Å². The van der Waals surface area contributed by atoms with Crippen LogP contribution in [-0.2, 0) is 17.1 Å². The topological polar surface area (TPSA) is 47.0 Å². The predicted octanol–water partition coefficient (Wildman–Crippen LogP) is 2.56. The van der Waals surface area contributed by atoms with Crippen molar-refractivity contribution in [3.8, 4) is 0 Å². The fourth-order valence-corrected chi connectivity index (χ4v) is 3.49. The van der Waals surface area contributed by atoms with Crippen molar-refractivity contribution in [1.82, 2.24) is 4.98 Å². The fraction of sp³-hybridized carbons (Fsp3) is 0.357. The quantitative estimate of drug-likeness (QED) is 0.803. The van der Waals surface area contributed by atoms with E-state index in [2.05, 4.69) is 11.9 Å². The van der Waals surface area contributed by atoms with E-state index in [1.54, 1.807) is 0 Å². The van der Waals surface area contributed by atoms with E-state index < -0.39 is 10.7 Å². The second kappa shape index (κ2) is 4.05. The van der Waals surface area contributed by atoms with Gasteiger partial charge in [0.25, 0.3) is 0 Å². The lowest BCUT2D eigenvalue weighted by atomic mass is 9.99. The van der Waals surface area contributed by atoms with Crippen LogP contribution in [0.15, 0.2) is 23.2 Å². The van der Waals surface area contributed by atoms with E-state index in [4.69, 9.17) is 0 Å². The first-order valence-electron chi connectivity index (χ1n) is 6.14. The number of aromatic nitrogens is 1. The van der Waals surface area contributed by atoms with Gasteiger partial charge in [0.15, 0.2) is 10.7 Å². The lowest BCUT2D eigenvalue weighted by Crippen LogP contribution is -1.95. The van der Waals surface area contributed by atoms with Crippen LogP contribution < -0.4 is 0 Å². The molecule has 1 aliphatic rings. The molecule has 0 fully saturated rings. The lowest BCUT2D eigenvalue weighted by Gasteiger charge is -2.10. The molecule has 0 aliphatic heterocycles. The van der Waals surface area contributed by atoms with E-state index in [0.717, 1.165) is 29.3 Å². The molecule has 1 atom stereocenters. The van der Waals surface area contributed by atoms with Gasteiger partial charge in [0.05, 0.1) is 4.90 Å². The molecule has 1 aromatic heterocycles. The molecule has 0 N–H and O–H groups in total. The normalized spacial score (nSPS) is 18.5. The van der Waals surface area contributed by atoms with Crippen LogP contribution in [0.4, 0.5) is 0 Å². The maximum absolute atomic E-state index is 11.4. The number of rotatable bonds is 1. The molecule has 94 valence electrons. The van der Waals surface area contributed by atoms with Crippen molar-refractivity contribution in [2.45, 2.75) is 37.5 Å². The van der Waals surface area contributed by atoms with Crippen LogP contribution in [0.2, 0.25) is 0 Å². The van der Waals surface area contributed by atoms with Gasteiger partial charge in [-0.05, 0) is 48.9 Å². The predicted molar refractivity (Wildman–Crippen MR) is 71.8 cm³/mol. The Morgan fingerprint density at radius 3 is 2.78 bits per heavy atom. The van der Waals surface area contributed by atoms with Crippen LogP contribution in [0.1, 0.15) is 36.1 Å². The summed E-state index contributed by atoms with van der Waals surface area (Å²) in [5.74, 6) is 0.444. The highest BCUT2D eigenvalue weighted by Crippen LogP contribution is 2.39. The number of aryl methyl sites for hydroxylation is 2. The molecule has 4 heteroatoms. The third-order valence-electron chi connectivity index (χ3n) is 3.84. The SMILES string of the molecule is Cc1cc2c([SH](=O)=O)cc3c(c2cn1)CCC3C. The molecule has 18 heavy (non-hydrogen) atoms. The van der Waals surface area contributed by atoms with Gasteiger partial charge in [-0.1, -0.05) is 6.92 Å². The molecule has 1 aromatic carbocycles. The first-order valence-corrected chi connectivity index (χ1v) is 7.32. The highest BCUT2D eigenvalue weighted by Gasteiger charge is 2.23. The average molecular weight is 261 g/mol. The van der Waals surface area contributed by atoms with Gasteiger partial charge in [0, 0.05) is 22.7 Å². The molecule has 0 spiro atoms. The summed E-state index contributed by atoms with van der Waals surface area (Å²) < 4.78 is 22.9. The maximum atomic E-state index is 11.4. The standard InChI is InChI=1S/C14H15NO2S/c1-8-3-4-10-11(8)6-14(18(16)17)12-5-9(2)15-7-13(10)12/h5-8,18H,3-4H2,1-2H3. The smallest absolute Gasteiger partial charge is 0.168 e. The van der Waals surface area contributed by atoms with Crippen molar-refractivity contribution in [3.63, 3.8) is 0 Å². The van der Waals surface area contributed by atoms with Gasteiger partial charge >= 0.3 is 0 Å². The van der Waals surface area contributed by atoms with Crippen molar-refractivity contribution in [1.29, 1.82) is 0 Å². The zero-order valence-electron chi connectivity index (χ0n) is 10.4. The monoisotopic (exact) mass is 261 g/mol. The van der Waals surface area contributed by atoms with Gasteiger partial charge in [0.2, 0.25) is 0 Å². The van der Waals surface area contributed by atoms with Crippen molar-refractivity contribution < 1.29 is 8.42 Å². The van der Waals surface area contributed by atoms with Crippen LogP contribution in [0.3, 0.4) is 0 Å². The fourth-order valence-electron chi connectivity index (χ4n) is 2.87. The zero-order valence-corrected chi connectivity index (χ0v) is 11.3. The van der Waals surface area contributed by atoms with Crippen molar-refractivity contribution in [3.05, 3.63) is 35.2 Å². The number of nitrogens with zero attached hydrogens (tertiary/aromatic N) is 1. The molecule has 0 radical (unpaired) electrons. The summed E-state index contributed by atoms with van der Waals surface area (Å²) in [4.78, 5) is 4.76. The van der Waals surface area contributed by atoms with E-state index in [1.807, 2.05) is 25.3 Å². The molecular weight excluding hydrogens is 246 g/mol. The molecular formula is C14H15NO2S.